The van der Waals surface area contributed by atoms with Crippen LogP contribution in [0.25, 0.3) is 10.9 Å². The summed E-state index contributed by atoms with van der Waals surface area (Å²) in [4.78, 5) is 17.5. The Bertz CT molecular complexity index is 474. The van der Waals surface area contributed by atoms with E-state index in [1.807, 2.05) is 0 Å². The molecular weight excluding hydrogens is 168 g/mol. The smallest absolute Gasteiger partial charge is 0.265 e. The van der Waals surface area contributed by atoms with Crippen molar-refractivity contribution in [3.05, 3.63) is 24.0 Å². The summed E-state index contributed by atoms with van der Waals surface area (Å²) in [5, 5.41) is 0.835. The molecule has 13 heavy (non-hydrogen) atoms. The zero-order chi connectivity index (χ0) is 9.42. The lowest BCUT2D eigenvalue weighted by molar-refractivity contribution is 0.0996. The van der Waals surface area contributed by atoms with Crippen LogP contribution in [0, 0.1) is 0 Å². The van der Waals surface area contributed by atoms with Gasteiger partial charge in [0.1, 0.15) is 11.5 Å². The molecular formula is C8H8N4O. The van der Waals surface area contributed by atoms with Crippen LogP contribution in [0.15, 0.2) is 18.3 Å². The van der Waals surface area contributed by atoms with Gasteiger partial charge in [-0.25, -0.2) is 4.98 Å². The minimum atomic E-state index is -0.491. The Labute approximate surface area is 73.7 Å². The topological polar surface area (TPSA) is 97.8 Å². The van der Waals surface area contributed by atoms with Gasteiger partial charge in [-0.3, -0.25) is 4.79 Å². The van der Waals surface area contributed by atoms with E-state index >= 15 is 0 Å². The van der Waals surface area contributed by atoms with Crippen molar-refractivity contribution in [3.63, 3.8) is 0 Å². The van der Waals surface area contributed by atoms with Crippen LogP contribution in [-0.2, 0) is 0 Å². The van der Waals surface area contributed by atoms with Crippen LogP contribution in [-0.4, -0.2) is 15.9 Å². The molecule has 0 aliphatic rings. The summed E-state index contributed by atoms with van der Waals surface area (Å²) >= 11 is 0. The molecule has 0 fully saturated rings. The highest BCUT2D eigenvalue weighted by Gasteiger charge is 2.05. The van der Waals surface area contributed by atoms with Crippen LogP contribution < -0.4 is 11.5 Å². The number of carbonyl (C=O) groups excluding carboxylic acids is 1. The monoisotopic (exact) mass is 176 g/mol. The first kappa shape index (κ1) is 7.60. The lowest BCUT2D eigenvalue weighted by Gasteiger charge is -1.90. The molecule has 5 heteroatoms. The Kier molecular flexibility index (Phi) is 1.45. The first-order chi connectivity index (χ1) is 6.16. The number of rotatable bonds is 1. The second-order valence-electron chi connectivity index (χ2n) is 2.74. The number of aromatic amines is 1. The molecule has 0 saturated heterocycles. The molecule has 5 N–H and O–H groups in total. The number of nitrogens with zero attached hydrogens (tertiary/aromatic N) is 1. The van der Waals surface area contributed by atoms with Gasteiger partial charge in [-0.2, -0.15) is 0 Å². The average molecular weight is 176 g/mol. The fraction of sp³-hybridized carbons (Fsp3) is 0. The fourth-order valence-corrected chi connectivity index (χ4v) is 1.18. The molecule has 0 aliphatic carbocycles. The summed E-state index contributed by atoms with van der Waals surface area (Å²) in [7, 11) is 0. The maximum atomic E-state index is 10.8. The SMILES string of the molecule is NC(=O)c1cc2cc(N)ncc2[nH]1. The van der Waals surface area contributed by atoms with Gasteiger partial charge < -0.3 is 16.5 Å². The van der Waals surface area contributed by atoms with Crippen LogP contribution in [0.1, 0.15) is 10.5 Å². The van der Waals surface area contributed by atoms with Crippen molar-refractivity contribution in [2.75, 3.05) is 5.73 Å². The normalized spacial score (nSPS) is 10.5. The lowest BCUT2D eigenvalue weighted by Crippen LogP contribution is -2.10. The van der Waals surface area contributed by atoms with Crippen LogP contribution in [0.4, 0.5) is 5.82 Å². The second kappa shape index (κ2) is 2.48. The standard InChI is InChI=1S/C8H8N4O/c9-7-2-4-1-5(8(10)13)12-6(4)3-11-7/h1-3,12H,(H2,9,11)(H2,10,13). The third-order valence-corrected chi connectivity index (χ3v) is 1.79. The summed E-state index contributed by atoms with van der Waals surface area (Å²) in [6.07, 6.45) is 1.57. The van der Waals surface area contributed by atoms with Gasteiger partial charge in [0.05, 0.1) is 11.7 Å². The molecule has 0 aromatic carbocycles. The number of nitrogens with two attached hydrogens (primary N) is 2. The van der Waals surface area contributed by atoms with E-state index in [4.69, 9.17) is 11.5 Å². The van der Waals surface area contributed by atoms with Crippen LogP contribution in [0.2, 0.25) is 0 Å². The molecule has 0 radical (unpaired) electrons. The Morgan fingerprint density at radius 2 is 2.23 bits per heavy atom. The number of nitrogen functional groups attached to an aromatic ring is 1. The Balaban J connectivity index is 2.68. The van der Waals surface area contributed by atoms with Gasteiger partial charge >= 0.3 is 0 Å². The number of carbonyl (C=O) groups is 1. The molecule has 2 heterocycles. The molecule has 0 spiro atoms. The number of primary amides is 1. The highest BCUT2D eigenvalue weighted by molar-refractivity contribution is 5.97. The molecule has 2 aromatic heterocycles. The van der Waals surface area contributed by atoms with Crippen molar-refractivity contribution in [3.8, 4) is 0 Å². The third-order valence-electron chi connectivity index (χ3n) is 1.79. The Hall–Kier alpha value is -2.04. The average Bonchev–Trinajstić information content (AvgIpc) is 2.46. The maximum absolute atomic E-state index is 10.8. The number of aromatic nitrogens is 2. The van der Waals surface area contributed by atoms with E-state index in [9.17, 15) is 4.79 Å². The van der Waals surface area contributed by atoms with Crippen molar-refractivity contribution in [2.45, 2.75) is 0 Å². The highest BCUT2D eigenvalue weighted by Crippen LogP contribution is 2.15. The minimum absolute atomic E-state index is 0.363. The molecule has 1 amide bonds. The number of anilines is 1. The molecule has 2 aromatic rings. The summed E-state index contributed by atoms with van der Waals surface area (Å²) in [5.41, 5.74) is 11.7. The van der Waals surface area contributed by atoms with Gasteiger partial charge in [0.15, 0.2) is 0 Å². The fourth-order valence-electron chi connectivity index (χ4n) is 1.18. The molecule has 0 aliphatic heterocycles. The van der Waals surface area contributed by atoms with E-state index < -0.39 is 5.91 Å². The number of nitrogens with one attached hydrogen (secondary N) is 1. The van der Waals surface area contributed by atoms with Gasteiger partial charge in [-0.1, -0.05) is 0 Å². The van der Waals surface area contributed by atoms with Gasteiger partial charge in [0.2, 0.25) is 0 Å². The van der Waals surface area contributed by atoms with Crippen molar-refractivity contribution in [2.24, 2.45) is 5.73 Å². The summed E-state index contributed by atoms with van der Waals surface area (Å²) < 4.78 is 0. The third kappa shape index (κ3) is 1.20. The molecule has 2 rings (SSSR count). The van der Waals surface area contributed by atoms with Gasteiger partial charge in [0.25, 0.3) is 5.91 Å². The summed E-state index contributed by atoms with van der Waals surface area (Å²) in [6.45, 7) is 0. The van der Waals surface area contributed by atoms with E-state index in [0.29, 0.717) is 11.5 Å². The van der Waals surface area contributed by atoms with Crippen LogP contribution >= 0.6 is 0 Å². The maximum Gasteiger partial charge on any atom is 0.265 e. The van der Waals surface area contributed by atoms with Gasteiger partial charge in [0, 0.05) is 5.39 Å². The predicted molar refractivity (Wildman–Crippen MR) is 49.0 cm³/mol. The molecule has 0 atom stereocenters. The van der Waals surface area contributed by atoms with E-state index in [1.54, 1.807) is 18.3 Å². The largest absolute Gasteiger partial charge is 0.384 e. The van der Waals surface area contributed by atoms with E-state index in [1.165, 1.54) is 0 Å². The van der Waals surface area contributed by atoms with E-state index in [0.717, 1.165) is 10.9 Å². The van der Waals surface area contributed by atoms with E-state index in [2.05, 4.69) is 9.97 Å². The molecule has 0 saturated carbocycles. The number of fused-ring (bicyclic) bond motifs is 1. The Morgan fingerprint density at radius 3 is 2.92 bits per heavy atom. The van der Waals surface area contributed by atoms with Crippen molar-refractivity contribution < 1.29 is 4.79 Å². The number of amides is 1. The quantitative estimate of drug-likeness (QED) is 0.580. The van der Waals surface area contributed by atoms with Crippen LogP contribution in [0.3, 0.4) is 0 Å². The van der Waals surface area contributed by atoms with Crippen LogP contribution in [0.5, 0.6) is 0 Å². The predicted octanol–water partition coefficient (Wildman–Crippen LogP) is 0.244. The number of hydrogen-bond donors (Lipinski definition) is 3. The second-order valence-corrected chi connectivity index (χ2v) is 2.74. The van der Waals surface area contributed by atoms with Crippen molar-refractivity contribution in [1.82, 2.24) is 9.97 Å². The molecule has 0 bridgehead atoms. The van der Waals surface area contributed by atoms with Gasteiger partial charge in [-0.05, 0) is 12.1 Å². The zero-order valence-electron chi connectivity index (χ0n) is 6.74. The summed E-state index contributed by atoms with van der Waals surface area (Å²) in [6, 6.07) is 3.33. The molecule has 5 nitrogen and oxygen atoms in total. The number of H-pyrrole nitrogens is 1. The van der Waals surface area contributed by atoms with Crippen molar-refractivity contribution >= 4 is 22.6 Å². The first-order valence-corrected chi connectivity index (χ1v) is 3.71. The number of pyridine rings is 1. The minimum Gasteiger partial charge on any atom is -0.384 e. The van der Waals surface area contributed by atoms with Gasteiger partial charge in [-0.15, -0.1) is 0 Å². The van der Waals surface area contributed by atoms with Crippen molar-refractivity contribution in [1.29, 1.82) is 0 Å². The summed E-state index contributed by atoms with van der Waals surface area (Å²) in [5.74, 6) is -0.0720. The number of hydrogen-bond acceptors (Lipinski definition) is 3. The highest BCUT2D eigenvalue weighted by atomic mass is 16.1. The van der Waals surface area contributed by atoms with E-state index in [-0.39, 0.29) is 0 Å². The Morgan fingerprint density at radius 1 is 1.46 bits per heavy atom. The zero-order valence-corrected chi connectivity index (χ0v) is 6.74. The lowest BCUT2D eigenvalue weighted by atomic mass is 10.3. The first-order valence-electron chi connectivity index (χ1n) is 3.71. The molecule has 66 valence electrons. The molecule has 0 unspecified atom stereocenters.